The van der Waals surface area contributed by atoms with E-state index in [4.69, 9.17) is 9.47 Å². The second-order valence-corrected chi connectivity index (χ2v) is 6.40. The highest BCUT2D eigenvalue weighted by Crippen LogP contribution is 2.30. The van der Waals surface area contributed by atoms with Crippen molar-refractivity contribution in [3.63, 3.8) is 0 Å². The minimum absolute atomic E-state index is 0.563. The summed E-state index contributed by atoms with van der Waals surface area (Å²) in [5, 5.41) is 0. The first-order chi connectivity index (χ1) is 8.65. The summed E-state index contributed by atoms with van der Waals surface area (Å²) in [6.45, 7) is 11.3. The summed E-state index contributed by atoms with van der Waals surface area (Å²) in [5.74, 6) is 0.572. The van der Waals surface area contributed by atoms with E-state index in [-0.39, 0.29) is 0 Å². The number of aromatic nitrogens is 1. The third kappa shape index (κ3) is 4.33. The maximum atomic E-state index is 11.8. The number of aryl methyl sites for hydroxylation is 2. The van der Waals surface area contributed by atoms with Gasteiger partial charge >= 0.3 is 6.16 Å². The Morgan fingerprint density at radius 1 is 1.26 bits per heavy atom. The van der Waals surface area contributed by atoms with Crippen LogP contribution in [0.25, 0.3) is 0 Å². The van der Waals surface area contributed by atoms with Crippen LogP contribution in [0.5, 0.6) is 5.75 Å². The van der Waals surface area contributed by atoms with Gasteiger partial charge in [0, 0.05) is 11.3 Å². The van der Waals surface area contributed by atoms with Crippen molar-refractivity contribution in [3.8, 4) is 5.75 Å². The molecule has 0 aliphatic heterocycles. The average molecular weight is 377 g/mol. The Morgan fingerprint density at radius 3 is 2.32 bits per heavy atom. The summed E-state index contributed by atoms with van der Waals surface area (Å²) in [6, 6.07) is 0. The van der Waals surface area contributed by atoms with Gasteiger partial charge in [-0.2, -0.15) is 0 Å². The molecule has 106 valence electrons. The zero-order chi connectivity index (χ0) is 14.8. The monoisotopic (exact) mass is 377 g/mol. The van der Waals surface area contributed by atoms with Crippen LogP contribution in [-0.4, -0.2) is 16.7 Å². The number of ether oxygens (including phenoxy) is 2. The highest BCUT2D eigenvalue weighted by molar-refractivity contribution is 14.1. The molecule has 0 saturated heterocycles. The Hall–Kier alpha value is -0.850. The molecule has 0 saturated carbocycles. The molecule has 1 heterocycles. The topological polar surface area (TPSA) is 48.4 Å². The van der Waals surface area contributed by atoms with Crippen LogP contribution < -0.4 is 4.74 Å². The molecule has 19 heavy (non-hydrogen) atoms. The number of nitrogens with zero attached hydrogens (tertiary/aromatic N) is 1. The van der Waals surface area contributed by atoms with Gasteiger partial charge in [-0.05, 0) is 63.6 Å². The molecular weight excluding hydrogens is 357 g/mol. The molecule has 0 N–H and O–H groups in total. The number of hydrogen-bond acceptors (Lipinski definition) is 4. The minimum atomic E-state index is -0.676. The molecule has 0 bridgehead atoms. The van der Waals surface area contributed by atoms with E-state index in [0.29, 0.717) is 5.75 Å². The summed E-state index contributed by atoms with van der Waals surface area (Å²) in [7, 11) is 0. The third-order valence-electron chi connectivity index (χ3n) is 2.49. The van der Waals surface area contributed by atoms with E-state index in [9.17, 15) is 4.79 Å². The van der Waals surface area contributed by atoms with Gasteiger partial charge in [0.1, 0.15) is 5.60 Å². The van der Waals surface area contributed by atoms with E-state index in [1.165, 1.54) is 0 Å². The van der Waals surface area contributed by atoms with Crippen molar-refractivity contribution in [1.29, 1.82) is 0 Å². The van der Waals surface area contributed by atoms with E-state index in [1.54, 1.807) is 0 Å². The van der Waals surface area contributed by atoms with Crippen molar-refractivity contribution < 1.29 is 14.3 Å². The van der Waals surface area contributed by atoms with Crippen molar-refractivity contribution in [1.82, 2.24) is 4.98 Å². The molecule has 0 aromatic carbocycles. The molecule has 0 aliphatic rings. The summed E-state index contributed by atoms with van der Waals surface area (Å²) in [5.41, 5.74) is 2.13. The first-order valence-electron chi connectivity index (χ1n) is 6.22. The predicted octanol–water partition coefficient (Wildman–Crippen LogP) is 4.18. The lowest BCUT2D eigenvalue weighted by atomic mass is 10.1. The van der Waals surface area contributed by atoms with Crippen LogP contribution in [-0.2, 0) is 11.2 Å². The average Bonchev–Trinajstić information content (AvgIpc) is 2.23. The maximum Gasteiger partial charge on any atom is 0.514 e. The van der Waals surface area contributed by atoms with E-state index in [2.05, 4.69) is 27.6 Å². The quantitative estimate of drug-likeness (QED) is 0.573. The molecular formula is C14H20INO3. The van der Waals surface area contributed by atoms with Crippen molar-refractivity contribution in [2.45, 2.75) is 53.6 Å². The van der Waals surface area contributed by atoms with Crippen LogP contribution in [0.4, 0.5) is 4.79 Å². The van der Waals surface area contributed by atoms with Gasteiger partial charge in [-0.1, -0.05) is 6.92 Å². The van der Waals surface area contributed by atoms with Crippen LogP contribution in [0, 0.1) is 17.4 Å². The van der Waals surface area contributed by atoms with Crippen LogP contribution in [0.1, 0.15) is 44.6 Å². The van der Waals surface area contributed by atoms with Gasteiger partial charge in [0.05, 0.1) is 9.26 Å². The highest BCUT2D eigenvalue weighted by atomic mass is 127. The lowest BCUT2D eigenvalue weighted by molar-refractivity contribution is 0.0202. The molecule has 0 radical (unpaired) electrons. The van der Waals surface area contributed by atoms with Crippen LogP contribution in [0.2, 0.25) is 0 Å². The molecule has 1 aromatic rings. The van der Waals surface area contributed by atoms with Gasteiger partial charge in [0.2, 0.25) is 0 Å². The van der Waals surface area contributed by atoms with Gasteiger partial charge in [-0.15, -0.1) is 0 Å². The smallest absolute Gasteiger partial charge is 0.428 e. The second kappa shape index (κ2) is 6.07. The number of rotatable bonds is 2. The standard InChI is InChI=1S/C14H20INO3/c1-7-10-8(2)16-9(3)11(15)12(10)18-13(17)19-14(4,5)6/h7H2,1-6H3. The molecule has 0 spiro atoms. The first-order valence-corrected chi connectivity index (χ1v) is 7.30. The molecule has 1 aromatic heterocycles. The van der Waals surface area contributed by atoms with E-state index in [1.807, 2.05) is 41.5 Å². The fraction of sp³-hybridized carbons (Fsp3) is 0.571. The lowest BCUT2D eigenvalue weighted by Gasteiger charge is -2.20. The normalized spacial score (nSPS) is 11.3. The molecule has 4 nitrogen and oxygen atoms in total. The third-order valence-corrected chi connectivity index (χ3v) is 3.76. The van der Waals surface area contributed by atoms with E-state index in [0.717, 1.165) is 26.9 Å². The minimum Gasteiger partial charge on any atom is -0.428 e. The van der Waals surface area contributed by atoms with Crippen molar-refractivity contribution >= 4 is 28.7 Å². The molecule has 0 amide bonds. The fourth-order valence-corrected chi connectivity index (χ4v) is 2.26. The molecule has 5 heteroatoms. The van der Waals surface area contributed by atoms with Crippen LogP contribution in [0.3, 0.4) is 0 Å². The van der Waals surface area contributed by atoms with E-state index >= 15 is 0 Å². The van der Waals surface area contributed by atoms with E-state index < -0.39 is 11.8 Å². The number of pyridine rings is 1. The Balaban J connectivity index is 3.10. The largest absolute Gasteiger partial charge is 0.514 e. The Kier molecular flexibility index (Phi) is 5.18. The predicted molar refractivity (Wildman–Crippen MR) is 82.7 cm³/mol. The van der Waals surface area contributed by atoms with Crippen molar-refractivity contribution in [2.24, 2.45) is 0 Å². The molecule has 0 unspecified atom stereocenters. The van der Waals surface area contributed by atoms with Gasteiger partial charge in [0.25, 0.3) is 0 Å². The fourth-order valence-electron chi connectivity index (χ4n) is 1.71. The summed E-state index contributed by atoms with van der Waals surface area (Å²) in [4.78, 5) is 16.2. The molecule has 1 rings (SSSR count). The molecule has 0 fully saturated rings. The van der Waals surface area contributed by atoms with Crippen molar-refractivity contribution in [2.75, 3.05) is 0 Å². The SMILES string of the molecule is CCc1c(C)nc(C)c(I)c1OC(=O)OC(C)(C)C. The first kappa shape index (κ1) is 16.2. The number of carbonyl (C=O) groups excluding carboxylic acids is 1. The second-order valence-electron chi connectivity index (χ2n) is 5.32. The van der Waals surface area contributed by atoms with Gasteiger partial charge in [0.15, 0.2) is 5.75 Å². The zero-order valence-corrected chi connectivity index (χ0v) is 14.4. The summed E-state index contributed by atoms with van der Waals surface area (Å²) < 4.78 is 11.4. The van der Waals surface area contributed by atoms with Gasteiger partial charge in [-0.3, -0.25) is 4.98 Å². The molecule has 0 atom stereocenters. The number of hydrogen-bond donors (Lipinski definition) is 0. The maximum absolute atomic E-state index is 11.8. The Bertz CT molecular complexity index is 492. The van der Waals surface area contributed by atoms with Crippen LogP contribution >= 0.6 is 22.6 Å². The van der Waals surface area contributed by atoms with Crippen molar-refractivity contribution in [3.05, 3.63) is 20.5 Å². The van der Waals surface area contributed by atoms with Gasteiger partial charge in [-0.25, -0.2) is 4.79 Å². The lowest BCUT2D eigenvalue weighted by Crippen LogP contribution is -2.26. The molecule has 0 aliphatic carbocycles. The van der Waals surface area contributed by atoms with Gasteiger partial charge < -0.3 is 9.47 Å². The summed E-state index contributed by atoms with van der Waals surface area (Å²) >= 11 is 2.15. The summed E-state index contributed by atoms with van der Waals surface area (Å²) in [6.07, 6.45) is 0.0814. The van der Waals surface area contributed by atoms with Crippen LogP contribution in [0.15, 0.2) is 0 Å². The zero-order valence-electron chi connectivity index (χ0n) is 12.3. The Morgan fingerprint density at radius 2 is 1.84 bits per heavy atom. The highest BCUT2D eigenvalue weighted by Gasteiger charge is 2.22. The number of halogens is 1. The number of carbonyl (C=O) groups is 1. The Labute approximate surface area is 128 Å².